The van der Waals surface area contributed by atoms with Crippen LogP contribution in [0.15, 0.2) is 36.4 Å². The molecule has 1 rings (SSSR count). The Morgan fingerprint density at radius 1 is 1.16 bits per heavy atom. The number of ether oxygens (including phenoxy) is 1. The van der Waals surface area contributed by atoms with Crippen molar-refractivity contribution in [2.45, 2.75) is 6.36 Å². The molecular formula is C11H8F3NO4. The van der Waals surface area contributed by atoms with E-state index in [1.165, 1.54) is 12.1 Å². The van der Waals surface area contributed by atoms with Gasteiger partial charge in [-0.15, -0.1) is 13.2 Å². The van der Waals surface area contributed by atoms with Crippen LogP contribution in [0.3, 0.4) is 0 Å². The number of nitrogens with one attached hydrogen (secondary N) is 1. The Bertz CT molecular complexity index is 494. The Kier molecular flexibility index (Phi) is 4.51. The van der Waals surface area contributed by atoms with Gasteiger partial charge in [-0.25, -0.2) is 4.79 Å². The third-order valence-corrected chi connectivity index (χ3v) is 1.73. The van der Waals surface area contributed by atoms with Crippen molar-refractivity contribution in [3.63, 3.8) is 0 Å². The number of carboxylic acids is 1. The Labute approximate surface area is 105 Å². The zero-order chi connectivity index (χ0) is 14.5. The van der Waals surface area contributed by atoms with Gasteiger partial charge in [0.25, 0.3) is 0 Å². The van der Waals surface area contributed by atoms with Crippen molar-refractivity contribution in [1.29, 1.82) is 0 Å². The molecule has 0 aliphatic heterocycles. The fourth-order valence-corrected chi connectivity index (χ4v) is 1.07. The van der Waals surface area contributed by atoms with Gasteiger partial charge in [-0.05, 0) is 24.3 Å². The standard InChI is InChI=1S/C11H8F3NO4/c12-11(13,14)19-8-3-1-7(2-4-8)15-9(16)5-6-10(17)18/h1-6H,(H,15,16)(H,17,18)/b6-5+. The van der Waals surface area contributed by atoms with Gasteiger partial charge in [0, 0.05) is 17.8 Å². The van der Waals surface area contributed by atoms with Gasteiger partial charge >= 0.3 is 12.3 Å². The molecule has 1 aromatic rings. The molecule has 0 fully saturated rings. The minimum absolute atomic E-state index is 0.203. The summed E-state index contributed by atoms with van der Waals surface area (Å²) in [6.07, 6.45) is -3.37. The summed E-state index contributed by atoms with van der Waals surface area (Å²) < 4.78 is 39.3. The Balaban J connectivity index is 2.62. The maximum absolute atomic E-state index is 11.9. The number of carboxylic acid groups (broad SMARTS) is 1. The van der Waals surface area contributed by atoms with Crippen LogP contribution in [0.4, 0.5) is 18.9 Å². The molecule has 1 aromatic carbocycles. The van der Waals surface area contributed by atoms with E-state index in [0.717, 1.165) is 18.2 Å². The molecule has 0 radical (unpaired) electrons. The molecule has 0 spiro atoms. The van der Waals surface area contributed by atoms with Gasteiger partial charge in [0.1, 0.15) is 5.75 Å². The second kappa shape index (κ2) is 5.89. The van der Waals surface area contributed by atoms with Crippen LogP contribution in [0.25, 0.3) is 0 Å². The van der Waals surface area contributed by atoms with Crippen LogP contribution >= 0.6 is 0 Å². The van der Waals surface area contributed by atoms with E-state index in [-0.39, 0.29) is 5.69 Å². The lowest BCUT2D eigenvalue weighted by molar-refractivity contribution is -0.274. The molecule has 0 atom stereocenters. The number of hydrogen-bond acceptors (Lipinski definition) is 3. The highest BCUT2D eigenvalue weighted by molar-refractivity contribution is 6.02. The number of aliphatic carboxylic acids is 1. The first-order valence-electron chi connectivity index (χ1n) is 4.84. The summed E-state index contributed by atoms with van der Waals surface area (Å²) in [5.41, 5.74) is 0.203. The highest BCUT2D eigenvalue weighted by Gasteiger charge is 2.30. The largest absolute Gasteiger partial charge is 0.573 e. The summed E-state index contributed by atoms with van der Waals surface area (Å²) in [5, 5.41) is 10.5. The predicted molar refractivity (Wildman–Crippen MR) is 58.5 cm³/mol. The highest BCUT2D eigenvalue weighted by atomic mass is 19.4. The number of carbonyl (C=O) groups is 2. The van der Waals surface area contributed by atoms with Crippen LogP contribution in [0.2, 0.25) is 0 Å². The fraction of sp³-hybridized carbons (Fsp3) is 0.0909. The molecule has 5 nitrogen and oxygen atoms in total. The first-order valence-corrected chi connectivity index (χ1v) is 4.84. The minimum Gasteiger partial charge on any atom is -0.478 e. The van der Waals surface area contributed by atoms with E-state index in [0.29, 0.717) is 6.08 Å². The van der Waals surface area contributed by atoms with Crippen molar-refractivity contribution in [3.8, 4) is 5.75 Å². The van der Waals surface area contributed by atoms with E-state index >= 15 is 0 Å². The van der Waals surface area contributed by atoms with Gasteiger partial charge in [0.05, 0.1) is 0 Å². The van der Waals surface area contributed by atoms with Crippen molar-refractivity contribution in [2.75, 3.05) is 5.32 Å². The average Bonchev–Trinajstić information content (AvgIpc) is 2.27. The lowest BCUT2D eigenvalue weighted by atomic mass is 10.3. The normalized spacial score (nSPS) is 11.3. The van der Waals surface area contributed by atoms with E-state index in [2.05, 4.69) is 10.1 Å². The highest BCUT2D eigenvalue weighted by Crippen LogP contribution is 2.23. The number of hydrogen-bond donors (Lipinski definition) is 2. The molecule has 19 heavy (non-hydrogen) atoms. The monoisotopic (exact) mass is 275 g/mol. The number of benzene rings is 1. The van der Waals surface area contributed by atoms with Gasteiger partial charge in [-0.1, -0.05) is 0 Å². The molecule has 0 saturated carbocycles. The summed E-state index contributed by atoms with van der Waals surface area (Å²) in [6.45, 7) is 0. The van der Waals surface area contributed by atoms with E-state index in [9.17, 15) is 22.8 Å². The molecule has 0 aliphatic carbocycles. The zero-order valence-electron chi connectivity index (χ0n) is 9.27. The maximum Gasteiger partial charge on any atom is 0.573 e. The molecule has 102 valence electrons. The molecule has 0 aliphatic rings. The first-order chi connectivity index (χ1) is 8.76. The average molecular weight is 275 g/mol. The summed E-state index contributed by atoms with van der Waals surface area (Å²) in [5.74, 6) is -2.43. The van der Waals surface area contributed by atoms with E-state index in [4.69, 9.17) is 5.11 Å². The second-order valence-corrected chi connectivity index (χ2v) is 3.23. The van der Waals surface area contributed by atoms with Crippen LogP contribution in [0.1, 0.15) is 0 Å². The number of anilines is 1. The van der Waals surface area contributed by atoms with Crippen molar-refractivity contribution < 1.29 is 32.6 Å². The third-order valence-electron chi connectivity index (χ3n) is 1.73. The van der Waals surface area contributed by atoms with Gasteiger partial charge in [-0.2, -0.15) is 0 Å². The second-order valence-electron chi connectivity index (χ2n) is 3.23. The molecule has 0 heterocycles. The lowest BCUT2D eigenvalue weighted by Gasteiger charge is -2.09. The summed E-state index contributed by atoms with van der Waals surface area (Å²) in [4.78, 5) is 21.3. The topological polar surface area (TPSA) is 75.6 Å². The van der Waals surface area contributed by atoms with Gasteiger partial charge in [0.2, 0.25) is 5.91 Å². The van der Waals surface area contributed by atoms with Crippen molar-refractivity contribution in [2.24, 2.45) is 0 Å². The van der Waals surface area contributed by atoms with Crippen molar-refractivity contribution in [1.82, 2.24) is 0 Å². The number of carbonyl (C=O) groups excluding carboxylic acids is 1. The molecule has 1 amide bonds. The number of amides is 1. The molecule has 0 aromatic heterocycles. The lowest BCUT2D eigenvalue weighted by Crippen LogP contribution is -2.17. The number of alkyl halides is 3. The Hall–Kier alpha value is -2.51. The number of halogens is 3. The van der Waals surface area contributed by atoms with Gasteiger partial charge < -0.3 is 15.2 Å². The molecule has 0 unspecified atom stereocenters. The van der Waals surface area contributed by atoms with Crippen LogP contribution in [0, 0.1) is 0 Å². The summed E-state index contributed by atoms with van der Waals surface area (Å²) in [6, 6.07) is 4.41. The molecule has 0 bridgehead atoms. The van der Waals surface area contributed by atoms with Crippen molar-refractivity contribution in [3.05, 3.63) is 36.4 Å². The minimum atomic E-state index is -4.78. The molecule has 8 heteroatoms. The van der Waals surface area contributed by atoms with Crippen LogP contribution in [-0.4, -0.2) is 23.3 Å². The Morgan fingerprint density at radius 3 is 2.21 bits per heavy atom. The third kappa shape index (κ3) is 6.10. The zero-order valence-corrected chi connectivity index (χ0v) is 9.27. The van der Waals surface area contributed by atoms with E-state index in [1.54, 1.807) is 0 Å². The molecular weight excluding hydrogens is 267 g/mol. The van der Waals surface area contributed by atoms with Crippen LogP contribution < -0.4 is 10.1 Å². The smallest absolute Gasteiger partial charge is 0.478 e. The Morgan fingerprint density at radius 2 is 1.74 bits per heavy atom. The SMILES string of the molecule is O=C(O)/C=C/C(=O)Nc1ccc(OC(F)(F)F)cc1. The quantitative estimate of drug-likeness (QED) is 0.826. The van der Waals surface area contributed by atoms with Crippen molar-refractivity contribution >= 4 is 17.6 Å². The van der Waals surface area contributed by atoms with Crippen LogP contribution in [0.5, 0.6) is 5.75 Å². The van der Waals surface area contributed by atoms with Gasteiger partial charge in [0.15, 0.2) is 0 Å². The van der Waals surface area contributed by atoms with E-state index in [1.807, 2.05) is 0 Å². The maximum atomic E-state index is 11.9. The predicted octanol–water partition coefficient (Wildman–Crippen LogP) is 2.16. The fourth-order valence-electron chi connectivity index (χ4n) is 1.07. The van der Waals surface area contributed by atoms with Crippen LogP contribution in [-0.2, 0) is 9.59 Å². The van der Waals surface area contributed by atoms with E-state index < -0.39 is 24.0 Å². The first kappa shape index (κ1) is 14.6. The molecule has 2 N–H and O–H groups in total. The van der Waals surface area contributed by atoms with Gasteiger partial charge in [-0.3, -0.25) is 4.79 Å². The summed E-state index contributed by atoms with van der Waals surface area (Å²) in [7, 11) is 0. The molecule has 0 saturated heterocycles. The summed E-state index contributed by atoms with van der Waals surface area (Å²) >= 11 is 0. The number of rotatable bonds is 4.